The third-order valence-corrected chi connectivity index (χ3v) is 5.67. The van der Waals surface area contributed by atoms with Crippen molar-refractivity contribution in [3.05, 3.63) is 60.2 Å². The van der Waals surface area contributed by atoms with Crippen LogP contribution >= 0.6 is 24.0 Å². The van der Waals surface area contributed by atoms with E-state index in [0.717, 1.165) is 31.2 Å². The van der Waals surface area contributed by atoms with E-state index >= 15 is 0 Å². The molecule has 2 aromatic rings. The van der Waals surface area contributed by atoms with Crippen LogP contribution in [0.2, 0.25) is 0 Å². The highest BCUT2D eigenvalue weighted by Gasteiger charge is 2.22. The molecule has 0 fully saturated rings. The van der Waals surface area contributed by atoms with Gasteiger partial charge in [-0.1, -0.05) is 36.4 Å². The van der Waals surface area contributed by atoms with E-state index in [0.29, 0.717) is 6.54 Å². The summed E-state index contributed by atoms with van der Waals surface area (Å²) >= 11 is 0. The topological polar surface area (TPSA) is 73.8 Å². The van der Waals surface area contributed by atoms with Crippen molar-refractivity contribution in [3.8, 4) is 0 Å². The van der Waals surface area contributed by atoms with E-state index in [1.54, 1.807) is 30.3 Å². The van der Waals surface area contributed by atoms with E-state index in [1.807, 2.05) is 19.1 Å². The van der Waals surface area contributed by atoms with Crippen molar-refractivity contribution in [3.63, 3.8) is 0 Å². The fourth-order valence-corrected chi connectivity index (χ4v) is 4.02. The molecule has 2 aromatic carbocycles. The molecule has 0 aromatic heterocycles. The molecule has 2 N–H and O–H groups in total. The van der Waals surface area contributed by atoms with Crippen molar-refractivity contribution < 1.29 is 8.42 Å². The molecule has 8 heteroatoms. The smallest absolute Gasteiger partial charge is 0.240 e. The minimum absolute atomic E-state index is 0. The van der Waals surface area contributed by atoms with Gasteiger partial charge in [0.15, 0.2) is 5.96 Å². The maximum Gasteiger partial charge on any atom is 0.240 e. The lowest BCUT2D eigenvalue weighted by Crippen LogP contribution is -2.41. The molecule has 0 bridgehead atoms. The lowest BCUT2D eigenvalue weighted by atomic mass is 10.2. The summed E-state index contributed by atoms with van der Waals surface area (Å²) < 4.78 is 27.1. The number of fused-ring (bicyclic) bond motifs is 1. The van der Waals surface area contributed by atoms with Crippen molar-refractivity contribution in [2.24, 2.45) is 4.99 Å². The molecule has 3 rings (SSSR count). The molecular weight excluding hydrogens is 475 g/mol. The SMILES string of the molecule is CCNC(=NCCNS(=O)(=O)c1ccccc1)N1CCc2ccccc21.I. The van der Waals surface area contributed by atoms with Crippen molar-refractivity contribution in [1.29, 1.82) is 0 Å². The minimum atomic E-state index is -3.49. The van der Waals surface area contributed by atoms with Crippen molar-refractivity contribution in [2.75, 3.05) is 31.1 Å². The number of nitrogens with one attached hydrogen (secondary N) is 2. The summed E-state index contributed by atoms with van der Waals surface area (Å²) in [5, 5.41) is 3.29. The van der Waals surface area contributed by atoms with E-state index in [-0.39, 0.29) is 35.4 Å². The average Bonchev–Trinajstić information content (AvgIpc) is 3.09. The molecule has 0 aliphatic carbocycles. The van der Waals surface area contributed by atoms with Crippen LogP contribution in [0.5, 0.6) is 0 Å². The second-order valence-electron chi connectivity index (χ2n) is 5.98. The van der Waals surface area contributed by atoms with Gasteiger partial charge in [-0.15, -0.1) is 24.0 Å². The van der Waals surface area contributed by atoms with E-state index in [1.165, 1.54) is 5.56 Å². The average molecular weight is 500 g/mol. The lowest BCUT2D eigenvalue weighted by Gasteiger charge is -2.22. The maximum absolute atomic E-state index is 12.2. The summed E-state index contributed by atoms with van der Waals surface area (Å²) in [6.07, 6.45) is 0.987. The van der Waals surface area contributed by atoms with Crippen LogP contribution in [0.1, 0.15) is 12.5 Å². The number of hydrogen-bond donors (Lipinski definition) is 2. The summed E-state index contributed by atoms with van der Waals surface area (Å²) in [4.78, 5) is 7.02. The second-order valence-corrected chi connectivity index (χ2v) is 7.74. The van der Waals surface area contributed by atoms with Crippen LogP contribution in [0.15, 0.2) is 64.5 Å². The summed E-state index contributed by atoms with van der Waals surface area (Å²) in [5.41, 5.74) is 2.47. The summed E-state index contributed by atoms with van der Waals surface area (Å²) in [5.74, 6) is 0.788. The molecule has 0 unspecified atom stereocenters. The third-order valence-electron chi connectivity index (χ3n) is 4.20. The standard InChI is InChI=1S/C19H24N4O2S.HI/c1-2-20-19(23-15-12-16-8-6-7-11-18(16)23)21-13-14-22-26(24,25)17-9-4-3-5-10-17;/h3-11,22H,2,12-15H2,1H3,(H,20,21);1H. The Morgan fingerprint density at radius 1 is 1.11 bits per heavy atom. The van der Waals surface area contributed by atoms with Crippen molar-refractivity contribution in [1.82, 2.24) is 10.0 Å². The van der Waals surface area contributed by atoms with Gasteiger partial charge in [0.1, 0.15) is 0 Å². The van der Waals surface area contributed by atoms with E-state index in [2.05, 4.69) is 32.1 Å². The number of rotatable bonds is 6. The van der Waals surface area contributed by atoms with Crippen LogP contribution in [0.4, 0.5) is 5.69 Å². The Bertz CT molecular complexity index is 872. The van der Waals surface area contributed by atoms with Crippen molar-refractivity contribution >= 4 is 45.6 Å². The number of sulfonamides is 1. The molecule has 27 heavy (non-hydrogen) atoms. The highest BCUT2D eigenvalue weighted by molar-refractivity contribution is 14.0. The number of anilines is 1. The van der Waals surface area contributed by atoms with Gasteiger partial charge in [0, 0.05) is 25.3 Å². The van der Waals surface area contributed by atoms with Gasteiger partial charge in [-0.25, -0.2) is 13.1 Å². The predicted octanol–water partition coefficient (Wildman–Crippen LogP) is 2.61. The van der Waals surface area contributed by atoms with Gasteiger partial charge >= 0.3 is 0 Å². The number of aliphatic imine (C=N–C) groups is 1. The highest BCUT2D eigenvalue weighted by atomic mass is 127. The molecule has 0 radical (unpaired) electrons. The summed E-state index contributed by atoms with van der Waals surface area (Å²) in [7, 11) is -3.49. The second kappa shape index (κ2) is 10.0. The Morgan fingerprint density at radius 2 is 1.81 bits per heavy atom. The quantitative estimate of drug-likeness (QED) is 0.277. The molecule has 0 spiro atoms. The first kappa shape index (κ1) is 21.6. The molecule has 0 saturated heterocycles. The first-order valence-corrected chi connectivity index (χ1v) is 10.3. The number of nitrogens with zero attached hydrogens (tertiary/aromatic N) is 2. The highest BCUT2D eigenvalue weighted by Crippen LogP contribution is 2.27. The molecule has 0 amide bonds. The fourth-order valence-electron chi connectivity index (χ4n) is 2.98. The van der Waals surface area contributed by atoms with E-state index < -0.39 is 10.0 Å². The van der Waals surface area contributed by atoms with Crippen LogP contribution in [0, 0.1) is 0 Å². The van der Waals surface area contributed by atoms with Crippen LogP contribution < -0.4 is 14.9 Å². The Hall–Kier alpha value is -1.65. The number of halogens is 1. The van der Waals surface area contributed by atoms with Gasteiger partial charge in [-0.2, -0.15) is 0 Å². The fraction of sp³-hybridized carbons (Fsp3) is 0.316. The molecule has 146 valence electrons. The van der Waals surface area contributed by atoms with Gasteiger partial charge in [0.05, 0.1) is 11.4 Å². The number of hydrogen-bond acceptors (Lipinski definition) is 3. The van der Waals surface area contributed by atoms with Gasteiger partial charge in [0.25, 0.3) is 0 Å². The zero-order valence-electron chi connectivity index (χ0n) is 15.3. The zero-order chi connectivity index (χ0) is 18.4. The molecular formula is C19H25IN4O2S. The van der Waals surface area contributed by atoms with Gasteiger partial charge in [-0.3, -0.25) is 4.99 Å². The molecule has 1 aliphatic heterocycles. The largest absolute Gasteiger partial charge is 0.356 e. The number of benzene rings is 2. The summed E-state index contributed by atoms with van der Waals surface area (Å²) in [6, 6.07) is 16.7. The first-order chi connectivity index (χ1) is 12.6. The molecule has 0 saturated carbocycles. The normalized spacial score (nSPS) is 13.8. The number of guanidine groups is 1. The Balaban J connectivity index is 0.00000261. The third kappa shape index (κ3) is 5.43. The van der Waals surface area contributed by atoms with Crippen LogP contribution in [0.3, 0.4) is 0 Å². The maximum atomic E-state index is 12.2. The molecule has 1 aliphatic rings. The van der Waals surface area contributed by atoms with E-state index in [9.17, 15) is 8.42 Å². The zero-order valence-corrected chi connectivity index (χ0v) is 18.4. The van der Waals surface area contributed by atoms with Crippen LogP contribution in [-0.2, 0) is 16.4 Å². The first-order valence-electron chi connectivity index (χ1n) is 8.80. The molecule has 6 nitrogen and oxygen atoms in total. The minimum Gasteiger partial charge on any atom is -0.356 e. The van der Waals surface area contributed by atoms with Gasteiger partial charge < -0.3 is 10.2 Å². The summed E-state index contributed by atoms with van der Waals surface area (Å²) in [6.45, 7) is 4.28. The Morgan fingerprint density at radius 3 is 2.56 bits per heavy atom. The Kier molecular flexibility index (Phi) is 8.06. The number of para-hydroxylation sites is 1. The monoisotopic (exact) mass is 500 g/mol. The van der Waals surface area contributed by atoms with Crippen molar-refractivity contribution in [2.45, 2.75) is 18.2 Å². The van der Waals surface area contributed by atoms with Gasteiger partial charge in [-0.05, 0) is 37.1 Å². The molecule has 0 atom stereocenters. The van der Waals surface area contributed by atoms with Gasteiger partial charge in [0.2, 0.25) is 10.0 Å². The Labute approximate surface area is 178 Å². The van der Waals surface area contributed by atoms with Crippen LogP contribution in [-0.4, -0.2) is 40.6 Å². The predicted molar refractivity (Wildman–Crippen MR) is 121 cm³/mol. The van der Waals surface area contributed by atoms with E-state index in [4.69, 9.17) is 0 Å². The van der Waals surface area contributed by atoms with Crippen LogP contribution in [0.25, 0.3) is 0 Å². The molecule has 1 heterocycles. The lowest BCUT2D eigenvalue weighted by molar-refractivity contribution is 0.582.